The maximum atomic E-state index is 5.60. The molecule has 0 atom stereocenters. The van der Waals surface area contributed by atoms with Gasteiger partial charge in [-0.1, -0.05) is 26.2 Å². The normalized spacial score (nSPS) is 14.9. The van der Waals surface area contributed by atoms with Gasteiger partial charge in [0.15, 0.2) is 0 Å². The summed E-state index contributed by atoms with van der Waals surface area (Å²) in [5.41, 5.74) is 9.63. The quantitative estimate of drug-likeness (QED) is 0.560. The third-order valence-corrected chi connectivity index (χ3v) is 5.85. The molecule has 4 aromatic rings. The molecule has 4 aromatic heterocycles. The number of hydrogen-bond acceptors (Lipinski definition) is 6. The molecular weight excluding hydrogens is 376 g/mol. The first-order chi connectivity index (χ1) is 14.6. The Hall–Kier alpha value is -3.00. The number of rotatable bonds is 3. The van der Waals surface area contributed by atoms with Crippen LogP contribution in [0.25, 0.3) is 22.4 Å². The van der Waals surface area contributed by atoms with Crippen molar-refractivity contribution in [3.63, 3.8) is 0 Å². The SMILES string of the molecule is CCc1cnc2ncc(-c3ccn4nc(N)ncc34)cn12.CN(C)C1CCCCC1. The van der Waals surface area contributed by atoms with Crippen molar-refractivity contribution < 1.29 is 0 Å². The standard InChI is InChI=1S/C14H13N7.C8H17N/c1-2-10-6-18-14-17-5-9(8-20(10)14)11-3-4-21-12(11)7-16-13(15)19-21;1-9(2)8-6-4-3-5-7-8/h3-8H,2H2,1H3,(H2,15,19);8H,3-7H2,1-2H3. The van der Waals surface area contributed by atoms with E-state index < -0.39 is 0 Å². The number of nitrogens with zero attached hydrogens (tertiary/aromatic N) is 7. The van der Waals surface area contributed by atoms with Gasteiger partial charge in [0.1, 0.15) is 0 Å². The second kappa shape index (κ2) is 8.79. The summed E-state index contributed by atoms with van der Waals surface area (Å²) < 4.78 is 3.73. The Kier molecular flexibility index (Phi) is 5.94. The average Bonchev–Trinajstić information content (AvgIpc) is 3.37. The van der Waals surface area contributed by atoms with E-state index in [1.807, 2.05) is 35.3 Å². The summed E-state index contributed by atoms with van der Waals surface area (Å²) in [4.78, 5) is 15.1. The third kappa shape index (κ3) is 4.14. The van der Waals surface area contributed by atoms with Gasteiger partial charge >= 0.3 is 0 Å². The van der Waals surface area contributed by atoms with E-state index in [0.29, 0.717) is 5.78 Å². The second-order valence-corrected chi connectivity index (χ2v) is 8.05. The molecule has 8 nitrogen and oxygen atoms in total. The molecule has 0 saturated heterocycles. The summed E-state index contributed by atoms with van der Waals surface area (Å²) in [7, 11) is 4.38. The van der Waals surface area contributed by atoms with Gasteiger partial charge in [-0.3, -0.25) is 4.40 Å². The molecule has 0 aliphatic heterocycles. The minimum atomic E-state index is 0.251. The van der Waals surface area contributed by atoms with Gasteiger partial charge in [-0.05, 0) is 39.4 Å². The second-order valence-electron chi connectivity index (χ2n) is 8.05. The van der Waals surface area contributed by atoms with Crippen molar-refractivity contribution in [3.05, 3.63) is 42.7 Å². The highest BCUT2D eigenvalue weighted by Crippen LogP contribution is 2.25. The summed E-state index contributed by atoms with van der Waals surface area (Å²) in [6.45, 7) is 2.10. The van der Waals surface area contributed by atoms with Gasteiger partial charge in [-0.15, -0.1) is 5.10 Å². The zero-order valence-corrected chi connectivity index (χ0v) is 18.0. The molecule has 0 aromatic carbocycles. The highest BCUT2D eigenvalue weighted by atomic mass is 15.3. The largest absolute Gasteiger partial charge is 0.367 e. The topological polar surface area (TPSA) is 89.6 Å². The van der Waals surface area contributed by atoms with E-state index in [4.69, 9.17) is 5.73 Å². The van der Waals surface area contributed by atoms with Gasteiger partial charge in [-0.25, -0.2) is 19.5 Å². The molecule has 1 aliphatic carbocycles. The number of hydrogen-bond donors (Lipinski definition) is 1. The van der Waals surface area contributed by atoms with E-state index in [0.717, 1.165) is 34.8 Å². The maximum absolute atomic E-state index is 5.60. The van der Waals surface area contributed by atoms with Gasteiger partial charge in [0.25, 0.3) is 0 Å². The van der Waals surface area contributed by atoms with Crippen LogP contribution in [-0.4, -0.2) is 54.0 Å². The van der Waals surface area contributed by atoms with Crippen molar-refractivity contribution in [2.75, 3.05) is 19.8 Å². The molecule has 4 heterocycles. The van der Waals surface area contributed by atoms with Gasteiger partial charge < -0.3 is 10.6 Å². The molecule has 0 unspecified atom stereocenters. The Balaban J connectivity index is 0.000000204. The Morgan fingerprint density at radius 3 is 2.53 bits per heavy atom. The number of anilines is 1. The molecule has 0 bridgehead atoms. The van der Waals surface area contributed by atoms with Crippen LogP contribution in [0.1, 0.15) is 44.7 Å². The van der Waals surface area contributed by atoms with Gasteiger partial charge in [-0.2, -0.15) is 0 Å². The minimum absolute atomic E-state index is 0.251. The fourth-order valence-electron chi connectivity index (χ4n) is 4.08. The molecule has 0 amide bonds. The van der Waals surface area contributed by atoms with Gasteiger partial charge in [0.2, 0.25) is 11.7 Å². The number of nitrogen functional groups attached to an aromatic ring is 1. The van der Waals surface area contributed by atoms with Crippen LogP contribution < -0.4 is 5.73 Å². The van der Waals surface area contributed by atoms with Crippen molar-refractivity contribution in [1.29, 1.82) is 0 Å². The van der Waals surface area contributed by atoms with Crippen LogP contribution >= 0.6 is 0 Å². The van der Waals surface area contributed by atoms with E-state index >= 15 is 0 Å². The smallest absolute Gasteiger partial charge is 0.238 e. The number of aryl methyl sites for hydroxylation is 1. The fourth-order valence-corrected chi connectivity index (χ4v) is 4.08. The summed E-state index contributed by atoms with van der Waals surface area (Å²) >= 11 is 0. The van der Waals surface area contributed by atoms with Gasteiger partial charge in [0.05, 0.1) is 17.9 Å². The number of fused-ring (bicyclic) bond motifs is 2. The maximum Gasteiger partial charge on any atom is 0.238 e. The molecule has 1 aliphatic rings. The highest BCUT2D eigenvalue weighted by molar-refractivity contribution is 5.79. The summed E-state index contributed by atoms with van der Waals surface area (Å²) in [6, 6.07) is 2.87. The van der Waals surface area contributed by atoms with Crippen molar-refractivity contribution in [3.8, 4) is 11.1 Å². The molecule has 158 valence electrons. The Bertz CT molecular complexity index is 1120. The monoisotopic (exact) mass is 406 g/mol. The first kappa shape index (κ1) is 20.3. The predicted molar refractivity (Wildman–Crippen MR) is 119 cm³/mol. The first-order valence-electron chi connectivity index (χ1n) is 10.7. The number of imidazole rings is 1. The molecule has 0 radical (unpaired) electrons. The van der Waals surface area contributed by atoms with E-state index in [1.165, 1.54) is 32.1 Å². The molecule has 8 heteroatoms. The Labute approximate surface area is 176 Å². The van der Waals surface area contributed by atoms with E-state index in [2.05, 4.69) is 46.0 Å². The predicted octanol–water partition coefficient (Wildman–Crippen LogP) is 3.46. The molecule has 1 saturated carbocycles. The van der Waals surface area contributed by atoms with Crippen LogP contribution in [0.4, 0.5) is 5.95 Å². The summed E-state index contributed by atoms with van der Waals surface area (Å²) in [6.07, 6.45) is 17.4. The average molecular weight is 407 g/mol. The van der Waals surface area contributed by atoms with E-state index in [9.17, 15) is 0 Å². The van der Waals surface area contributed by atoms with Crippen LogP contribution in [0.15, 0.2) is 37.1 Å². The van der Waals surface area contributed by atoms with Crippen LogP contribution in [0.2, 0.25) is 0 Å². The van der Waals surface area contributed by atoms with Crippen molar-refractivity contribution in [2.45, 2.75) is 51.5 Å². The lowest BCUT2D eigenvalue weighted by molar-refractivity contribution is 0.229. The molecule has 2 N–H and O–H groups in total. The van der Waals surface area contributed by atoms with Gasteiger partial charge in [0, 0.05) is 41.5 Å². The van der Waals surface area contributed by atoms with Crippen molar-refractivity contribution >= 4 is 17.2 Å². The number of nitrogens with two attached hydrogens (primary N) is 1. The van der Waals surface area contributed by atoms with Crippen LogP contribution in [-0.2, 0) is 6.42 Å². The van der Waals surface area contributed by atoms with Crippen LogP contribution in [0.5, 0.6) is 0 Å². The third-order valence-electron chi connectivity index (χ3n) is 5.85. The lowest BCUT2D eigenvalue weighted by Crippen LogP contribution is -2.29. The van der Waals surface area contributed by atoms with Crippen molar-refractivity contribution in [2.24, 2.45) is 0 Å². The summed E-state index contributed by atoms with van der Waals surface area (Å²) in [5, 5.41) is 4.15. The minimum Gasteiger partial charge on any atom is -0.367 e. The number of aromatic nitrogens is 6. The summed E-state index contributed by atoms with van der Waals surface area (Å²) in [5.74, 6) is 0.959. The zero-order valence-electron chi connectivity index (χ0n) is 18.0. The Morgan fingerprint density at radius 1 is 1.07 bits per heavy atom. The highest BCUT2D eigenvalue weighted by Gasteiger charge is 2.14. The first-order valence-corrected chi connectivity index (χ1v) is 10.7. The van der Waals surface area contributed by atoms with Crippen molar-refractivity contribution in [1.82, 2.24) is 33.9 Å². The molecule has 30 heavy (non-hydrogen) atoms. The molecule has 1 fully saturated rings. The molecular formula is C22H30N8. The molecule has 0 spiro atoms. The van der Waals surface area contributed by atoms with E-state index in [1.54, 1.807) is 10.7 Å². The van der Waals surface area contributed by atoms with Crippen LogP contribution in [0.3, 0.4) is 0 Å². The lowest BCUT2D eigenvalue weighted by Gasteiger charge is -2.27. The fraction of sp³-hybridized carbons (Fsp3) is 0.455. The molecule has 5 rings (SSSR count). The lowest BCUT2D eigenvalue weighted by atomic mass is 9.95. The Morgan fingerprint density at radius 2 is 1.83 bits per heavy atom. The zero-order chi connectivity index (χ0) is 21.1. The van der Waals surface area contributed by atoms with Crippen LogP contribution in [0, 0.1) is 0 Å². The van der Waals surface area contributed by atoms with E-state index in [-0.39, 0.29) is 5.95 Å².